The van der Waals surface area contributed by atoms with Crippen LogP contribution in [0, 0.1) is 3.70 Å². The van der Waals surface area contributed by atoms with Crippen LogP contribution in [0.3, 0.4) is 0 Å². The van der Waals surface area contributed by atoms with Crippen LogP contribution < -0.4 is 0 Å². The normalized spacial score (nSPS) is 16.8. The first-order chi connectivity index (χ1) is 7.65. The van der Waals surface area contributed by atoms with Gasteiger partial charge >= 0.3 is 0 Å². The molecule has 0 spiro atoms. The van der Waals surface area contributed by atoms with Crippen molar-refractivity contribution < 1.29 is 4.79 Å². The number of ketones is 1. The van der Waals surface area contributed by atoms with E-state index in [0.717, 1.165) is 15.0 Å². The lowest BCUT2D eigenvalue weighted by atomic mass is 9.83. The number of aromatic nitrogens is 3. The van der Waals surface area contributed by atoms with Crippen molar-refractivity contribution in [1.82, 2.24) is 14.4 Å². The second-order valence-corrected chi connectivity index (χ2v) is 5.33. The van der Waals surface area contributed by atoms with Crippen molar-refractivity contribution in [2.45, 2.75) is 18.8 Å². The zero-order valence-corrected chi connectivity index (χ0v) is 11.1. The molecule has 2 aromatic heterocycles. The SMILES string of the molecule is O=C1CC(c2ncc3c(Cl)nc(I)cn23)C1. The van der Waals surface area contributed by atoms with Crippen molar-refractivity contribution in [3.63, 3.8) is 0 Å². The first-order valence-electron chi connectivity index (χ1n) is 4.86. The lowest BCUT2D eigenvalue weighted by Gasteiger charge is -2.22. The highest BCUT2D eigenvalue weighted by Crippen LogP contribution is 2.33. The Hall–Kier alpha value is -0.690. The van der Waals surface area contributed by atoms with Crippen molar-refractivity contribution in [1.29, 1.82) is 0 Å². The zero-order valence-electron chi connectivity index (χ0n) is 8.15. The fraction of sp³-hybridized carbons (Fsp3) is 0.300. The molecule has 0 N–H and O–H groups in total. The number of hydrogen-bond donors (Lipinski definition) is 0. The largest absolute Gasteiger partial charge is 0.300 e. The highest BCUT2D eigenvalue weighted by molar-refractivity contribution is 14.1. The number of carbonyl (C=O) groups excluding carboxylic acids is 1. The summed E-state index contributed by atoms with van der Waals surface area (Å²) in [6.07, 6.45) is 4.79. The number of fused-ring (bicyclic) bond motifs is 1. The van der Waals surface area contributed by atoms with Gasteiger partial charge in [0.05, 0.1) is 6.20 Å². The van der Waals surface area contributed by atoms with Gasteiger partial charge < -0.3 is 0 Å². The number of hydrogen-bond acceptors (Lipinski definition) is 3. The summed E-state index contributed by atoms with van der Waals surface area (Å²) in [6.45, 7) is 0. The van der Waals surface area contributed by atoms with E-state index in [1.54, 1.807) is 6.20 Å². The second-order valence-electron chi connectivity index (χ2n) is 3.87. The maximum atomic E-state index is 11.0. The molecule has 0 aromatic carbocycles. The molecule has 2 aromatic rings. The van der Waals surface area contributed by atoms with Crippen LogP contribution in [0.5, 0.6) is 0 Å². The van der Waals surface area contributed by atoms with Crippen molar-refractivity contribution in [3.8, 4) is 0 Å². The Morgan fingerprint density at radius 3 is 2.94 bits per heavy atom. The summed E-state index contributed by atoms with van der Waals surface area (Å²) in [5, 5.41) is 0.455. The summed E-state index contributed by atoms with van der Waals surface area (Å²) >= 11 is 8.14. The first kappa shape index (κ1) is 10.5. The van der Waals surface area contributed by atoms with Gasteiger partial charge in [-0.15, -0.1) is 0 Å². The van der Waals surface area contributed by atoms with E-state index >= 15 is 0 Å². The number of carbonyl (C=O) groups is 1. The van der Waals surface area contributed by atoms with Crippen molar-refractivity contribution in [2.24, 2.45) is 0 Å². The fourth-order valence-electron chi connectivity index (χ4n) is 1.92. The minimum Gasteiger partial charge on any atom is -0.300 e. The van der Waals surface area contributed by atoms with Crippen LogP contribution in [-0.4, -0.2) is 20.2 Å². The van der Waals surface area contributed by atoms with Gasteiger partial charge in [0.1, 0.15) is 20.8 Å². The van der Waals surface area contributed by atoms with Crippen LogP contribution in [0.4, 0.5) is 0 Å². The number of halogens is 2. The summed E-state index contributed by atoms with van der Waals surface area (Å²) in [4.78, 5) is 19.5. The van der Waals surface area contributed by atoms with Crippen LogP contribution >= 0.6 is 34.2 Å². The maximum Gasteiger partial charge on any atom is 0.155 e. The number of nitrogens with zero attached hydrogens (tertiary/aromatic N) is 3. The quantitative estimate of drug-likeness (QED) is 0.745. The first-order valence-corrected chi connectivity index (χ1v) is 6.31. The molecule has 1 fully saturated rings. The standard InChI is InChI=1S/C10H7ClIN3O/c11-9-7-3-13-10(5-1-6(16)2-5)15(7)4-8(12)14-9/h3-5H,1-2H2. The third-order valence-electron chi connectivity index (χ3n) is 2.79. The lowest BCUT2D eigenvalue weighted by molar-refractivity contribution is -0.124. The zero-order chi connectivity index (χ0) is 11.3. The fourth-order valence-corrected chi connectivity index (χ4v) is 2.82. The van der Waals surface area contributed by atoms with Crippen molar-refractivity contribution in [3.05, 3.63) is 27.1 Å². The molecule has 0 aliphatic heterocycles. The molecular formula is C10H7ClIN3O. The molecule has 1 aliphatic carbocycles. The third-order valence-corrected chi connectivity index (χ3v) is 3.59. The Bertz CT molecular complexity index is 587. The highest BCUT2D eigenvalue weighted by atomic mass is 127. The van der Waals surface area contributed by atoms with Crippen LogP contribution in [-0.2, 0) is 4.79 Å². The van der Waals surface area contributed by atoms with Gasteiger partial charge in [0.25, 0.3) is 0 Å². The average molecular weight is 348 g/mol. The molecule has 1 aliphatic rings. The molecule has 82 valence electrons. The second kappa shape index (κ2) is 3.66. The number of imidazole rings is 1. The smallest absolute Gasteiger partial charge is 0.155 e. The predicted octanol–water partition coefficient (Wildman–Crippen LogP) is 2.43. The van der Waals surface area contributed by atoms with Gasteiger partial charge in [-0.3, -0.25) is 9.20 Å². The summed E-state index contributed by atoms with van der Waals surface area (Å²) in [7, 11) is 0. The Morgan fingerprint density at radius 1 is 1.50 bits per heavy atom. The van der Waals surface area contributed by atoms with Gasteiger partial charge in [-0.05, 0) is 22.6 Å². The van der Waals surface area contributed by atoms with E-state index in [1.165, 1.54) is 0 Å². The van der Waals surface area contributed by atoms with E-state index in [4.69, 9.17) is 11.6 Å². The molecule has 0 bridgehead atoms. The Balaban J connectivity index is 2.16. The van der Waals surface area contributed by atoms with Crippen LogP contribution in [0.25, 0.3) is 5.52 Å². The molecule has 1 saturated carbocycles. The monoisotopic (exact) mass is 347 g/mol. The third kappa shape index (κ3) is 1.53. The predicted molar refractivity (Wildman–Crippen MR) is 67.7 cm³/mol. The summed E-state index contributed by atoms with van der Waals surface area (Å²) < 4.78 is 2.76. The molecule has 4 nitrogen and oxygen atoms in total. The van der Waals surface area contributed by atoms with Gasteiger partial charge in [-0.25, -0.2) is 9.97 Å². The van der Waals surface area contributed by atoms with E-state index in [-0.39, 0.29) is 5.92 Å². The lowest BCUT2D eigenvalue weighted by Crippen LogP contribution is -2.23. The molecule has 0 saturated heterocycles. The molecule has 3 rings (SSSR count). The van der Waals surface area contributed by atoms with Crippen LogP contribution in [0.1, 0.15) is 24.6 Å². The average Bonchev–Trinajstić information content (AvgIpc) is 2.56. The summed E-state index contributed by atoms with van der Waals surface area (Å²) in [5.74, 6) is 1.46. The van der Waals surface area contributed by atoms with Crippen molar-refractivity contribution in [2.75, 3.05) is 0 Å². The van der Waals surface area contributed by atoms with Gasteiger partial charge in [0.15, 0.2) is 5.15 Å². The van der Waals surface area contributed by atoms with Crippen LogP contribution in [0.15, 0.2) is 12.4 Å². The number of rotatable bonds is 1. The minimum atomic E-state index is 0.240. The molecule has 0 radical (unpaired) electrons. The molecule has 6 heteroatoms. The van der Waals surface area contributed by atoms with E-state index < -0.39 is 0 Å². The van der Waals surface area contributed by atoms with Gasteiger partial charge in [-0.2, -0.15) is 0 Å². The summed E-state index contributed by atoms with van der Waals surface area (Å²) in [6, 6.07) is 0. The van der Waals surface area contributed by atoms with Gasteiger partial charge in [0.2, 0.25) is 0 Å². The van der Waals surface area contributed by atoms with Crippen LogP contribution in [0.2, 0.25) is 5.15 Å². The van der Waals surface area contributed by atoms with E-state index in [1.807, 2.05) is 10.6 Å². The van der Waals surface area contributed by atoms with E-state index in [0.29, 0.717) is 23.8 Å². The molecule has 2 heterocycles. The van der Waals surface area contributed by atoms with E-state index in [2.05, 4.69) is 32.6 Å². The van der Waals surface area contributed by atoms with Gasteiger partial charge in [0, 0.05) is 25.0 Å². The molecule has 0 amide bonds. The Labute approximate surface area is 110 Å². The summed E-state index contributed by atoms with van der Waals surface area (Å²) in [5.41, 5.74) is 0.802. The highest BCUT2D eigenvalue weighted by Gasteiger charge is 2.31. The Kier molecular flexibility index (Phi) is 2.39. The number of Topliss-reactive ketones (excluding diaryl/α,β-unsaturated/α-hetero) is 1. The van der Waals surface area contributed by atoms with E-state index in [9.17, 15) is 4.79 Å². The molecule has 16 heavy (non-hydrogen) atoms. The topological polar surface area (TPSA) is 47.3 Å². The molecule has 0 atom stereocenters. The molecule has 0 unspecified atom stereocenters. The minimum absolute atomic E-state index is 0.240. The maximum absolute atomic E-state index is 11.0. The Morgan fingerprint density at radius 2 is 2.25 bits per heavy atom. The van der Waals surface area contributed by atoms with Crippen molar-refractivity contribution >= 4 is 45.5 Å². The molecular weight excluding hydrogens is 340 g/mol. The van der Waals surface area contributed by atoms with Gasteiger partial charge in [-0.1, -0.05) is 11.6 Å².